The first-order valence-corrected chi connectivity index (χ1v) is 6.26. The van der Waals surface area contributed by atoms with E-state index in [4.69, 9.17) is 4.74 Å². The second-order valence-electron chi connectivity index (χ2n) is 4.48. The summed E-state index contributed by atoms with van der Waals surface area (Å²) >= 11 is 0. The van der Waals surface area contributed by atoms with E-state index < -0.39 is 0 Å². The van der Waals surface area contributed by atoms with Crippen LogP contribution >= 0.6 is 0 Å². The molecule has 0 N–H and O–H groups in total. The van der Waals surface area contributed by atoms with Gasteiger partial charge in [-0.25, -0.2) is 0 Å². The molecule has 0 aliphatic carbocycles. The Hall–Kier alpha value is -0.860. The van der Waals surface area contributed by atoms with Crippen molar-refractivity contribution in [1.29, 1.82) is 0 Å². The topological polar surface area (TPSA) is 12.5 Å². The molecule has 0 saturated carbocycles. The minimum Gasteiger partial charge on any atom is -0.377 e. The lowest BCUT2D eigenvalue weighted by Gasteiger charge is -2.22. The summed E-state index contributed by atoms with van der Waals surface area (Å²) in [5.41, 5.74) is 1.40. The Bertz CT molecular complexity index is 299. The fourth-order valence-corrected chi connectivity index (χ4v) is 2.20. The summed E-state index contributed by atoms with van der Waals surface area (Å²) < 4.78 is 5.78. The molecule has 1 heterocycles. The van der Waals surface area contributed by atoms with Crippen molar-refractivity contribution < 1.29 is 4.74 Å². The van der Waals surface area contributed by atoms with Gasteiger partial charge in [0.25, 0.3) is 0 Å². The standard InChI is InChI=1S/C14H21NO/c1-2-14-12-15(9-6-10-16-14)11-13-7-4-3-5-8-13/h3-5,7-8,14H,2,6,9-12H2,1H3. The number of hydrogen-bond acceptors (Lipinski definition) is 2. The van der Waals surface area contributed by atoms with Crippen molar-refractivity contribution in [3.05, 3.63) is 35.9 Å². The molecule has 0 aromatic heterocycles. The fourth-order valence-electron chi connectivity index (χ4n) is 2.20. The molecule has 1 aliphatic heterocycles. The third-order valence-electron chi connectivity index (χ3n) is 3.14. The first-order chi connectivity index (χ1) is 7.88. The summed E-state index contributed by atoms with van der Waals surface area (Å²) in [6, 6.07) is 10.7. The van der Waals surface area contributed by atoms with Crippen LogP contribution in [0.3, 0.4) is 0 Å². The van der Waals surface area contributed by atoms with E-state index in [1.807, 2.05) is 0 Å². The SMILES string of the molecule is CCC1CN(Cc2ccccc2)CCCO1. The molecule has 16 heavy (non-hydrogen) atoms. The van der Waals surface area contributed by atoms with Crippen LogP contribution in [-0.2, 0) is 11.3 Å². The molecule has 0 bridgehead atoms. The number of ether oxygens (including phenoxy) is 1. The zero-order valence-electron chi connectivity index (χ0n) is 10.1. The van der Waals surface area contributed by atoms with Crippen LogP contribution in [0.4, 0.5) is 0 Å². The second kappa shape index (κ2) is 6.02. The predicted octanol–water partition coefficient (Wildman–Crippen LogP) is 2.69. The zero-order chi connectivity index (χ0) is 11.2. The molecule has 2 rings (SSSR count). The van der Waals surface area contributed by atoms with Crippen LogP contribution < -0.4 is 0 Å². The normalized spacial score (nSPS) is 22.9. The number of nitrogens with zero attached hydrogens (tertiary/aromatic N) is 1. The summed E-state index contributed by atoms with van der Waals surface area (Å²) in [6.45, 7) is 6.41. The lowest BCUT2D eigenvalue weighted by Crippen LogP contribution is -2.30. The average Bonchev–Trinajstić information content (AvgIpc) is 2.55. The number of rotatable bonds is 3. The Morgan fingerprint density at radius 2 is 2.12 bits per heavy atom. The molecule has 2 nitrogen and oxygen atoms in total. The van der Waals surface area contributed by atoms with Crippen molar-refractivity contribution >= 4 is 0 Å². The minimum atomic E-state index is 0.422. The van der Waals surface area contributed by atoms with Crippen molar-refractivity contribution in [2.24, 2.45) is 0 Å². The van der Waals surface area contributed by atoms with Crippen molar-refractivity contribution in [1.82, 2.24) is 4.90 Å². The van der Waals surface area contributed by atoms with Gasteiger partial charge in [-0.3, -0.25) is 4.90 Å². The average molecular weight is 219 g/mol. The third-order valence-corrected chi connectivity index (χ3v) is 3.14. The quantitative estimate of drug-likeness (QED) is 0.775. The molecular formula is C14H21NO. The molecule has 0 radical (unpaired) electrons. The summed E-state index contributed by atoms with van der Waals surface area (Å²) in [6.07, 6.45) is 2.69. The Kier molecular flexibility index (Phi) is 4.37. The maximum absolute atomic E-state index is 5.78. The Balaban J connectivity index is 1.93. The van der Waals surface area contributed by atoms with Gasteiger partial charge in [-0.15, -0.1) is 0 Å². The molecule has 1 aromatic rings. The van der Waals surface area contributed by atoms with Gasteiger partial charge in [0.2, 0.25) is 0 Å². The van der Waals surface area contributed by atoms with Crippen LogP contribution in [0.25, 0.3) is 0 Å². The lowest BCUT2D eigenvalue weighted by molar-refractivity contribution is 0.0510. The van der Waals surface area contributed by atoms with Crippen LogP contribution in [0.2, 0.25) is 0 Å². The van der Waals surface area contributed by atoms with E-state index in [0.29, 0.717) is 6.10 Å². The molecule has 1 unspecified atom stereocenters. The van der Waals surface area contributed by atoms with Gasteiger partial charge in [-0.05, 0) is 18.4 Å². The van der Waals surface area contributed by atoms with E-state index in [1.165, 1.54) is 5.56 Å². The molecular weight excluding hydrogens is 198 g/mol. The smallest absolute Gasteiger partial charge is 0.0699 e. The van der Waals surface area contributed by atoms with Crippen LogP contribution in [0.15, 0.2) is 30.3 Å². The molecule has 2 heteroatoms. The van der Waals surface area contributed by atoms with Gasteiger partial charge >= 0.3 is 0 Å². The van der Waals surface area contributed by atoms with Crippen molar-refractivity contribution in [2.75, 3.05) is 19.7 Å². The zero-order valence-corrected chi connectivity index (χ0v) is 10.1. The van der Waals surface area contributed by atoms with Gasteiger partial charge in [-0.1, -0.05) is 37.3 Å². The van der Waals surface area contributed by atoms with Crippen LogP contribution in [0, 0.1) is 0 Å². The van der Waals surface area contributed by atoms with E-state index in [2.05, 4.69) is 42.2 Å². The predicted molar refractivity (Wildman–Crippen MR) is 66.4 cm³/mol. The highest BCUT2D eigenvalue weighted by Gasteiger charge is 2.16. The largest absolute Gasteiger partial charge is 0.377 e. The molecule has 1 atom stereocenters. The monoisotopic (exact) mass is 219 g/mol. The molecule has 1 saturated heterocycles. The maximum Gasteiger partial charge on any atom is 0.0699 e. The first-order valence-electron chi connectivity index (χ1n) is 6.26. The highest BCUT2D eigenvalue weighted by molar-refractivity contribution is 5.14. The van der Waals surface area contributed by atoms with Crippen LogP contribution in [0.1, 0.15) is 25.3 Å². The van der Waals surface area contributed by atoms with Gasteiger partial charge in [0.05, 0.1) is 6.10 Å². The molecule has 1 fully saturated rings. The van der Waals surface area contributed by atoms with Crippen molar-refractivity contribution in [2.45, 2.75) is 32.4 Å². The van der Waals surface area contributed by atoms with Gasteiger partial charge in [0.15, 0.2) is 0 Å². The third kappa shape index (κ3) is 3.32. The summed E-state index contributed by atoms with van der Waals surface area (Å²) in [5.74, 6) is 0. The highest BCUT2D eigenvalue weighted by atomic mass is 16.5. The van der Waals surface area contributed by atoms with E-state index in [1.54, 1.807) is 0 Å². The van der Waals surface area contributed by atoms with Crippen molar-refractivity contribution in [3.63, 3.8) is 0 Å². The second-order valence-corrected chi connectivity index (χ2v) is 4.48. The number of hydrogen-bond donors (Lipinski definition) is 0. The van der Waals surface area contributed by atoms with Gasteiger partial charge in [0, 0.05) is 26.2 Å². The molecule has 1 aliphatic rings. The van der Waals surface area contributed by atoms with E-state index >= 15 is 0 Å². The number of benzene rings is 1. The summed E-state index contributed by atoms with van der Waals surface area (Å²) in [5, 5.41) is 0. The molecule has 0 spiro atoms. The Morgan fingerprint density at radius 1 is 1.31 bits per heavy atom. The van der Waals surface area contributed by atoms with Crippen LogP contribution in [-0.4, -0.2) is 30.7 Å². The van der Waals surface area contributed by atoms with Crippen molar-refractivity contribution in [3.8, 4) is 0 Å². The van der Waals surface area contributed by atoms with E-state index in [0.717, 1.165) is 39.1 Å². The van der Waals surface area contributed by atoms with Gasteiger partial charge < -0.3 is 4.74 Å². The summed E-state index contributed by atoms with van der Waals surface area (Å²) in [4.78, 5) is 2.51. The molecule has 88 valence electrons. The Labute approximate surface area is 98.2 Å². The first kappa shape index (κ1) is 11.6. The van der Waals surface area contributed by atoms with E-state index in [9.17, 15) is 0 Å². The lowest BCUT2D eigenvalue weighted by atomic mass is 10.2. The minimum absolute atomic E-state index is 0.422. The van der Waals surface area contributed by atoms with E-state index in [-0.39, 0.29) is 0 Å². The molecule has 1 aromatic carbocycles. The maximum atomic E-state index is 5.78. The molecule has 0 amide bonds. The van der Waals surface area contributed by atoms with Gasteiger partial charge in [-0.2, -0.15) is 0 Å². The van der Waals surface area contributed by atoms with Gasteiger partial charge in [0.1, 0.15) is 0 Å². The fraction of sp³-hybridized carbons (Fsp3) is 0.571. The summed E-state index contributed by atoms with van der Waals surface area (Å²) in [7, 11) is 0. The van der Waals surface area contributed by atoms with Crippen LogP contribution in [0.5, 0.6) is 0 Å². The highest BCUT2D eigenvalue weighted by Crippen LogP contribution is 2.12. The Morgan fingerprint density at radius 3 is 2.88 bits per heavy atom.